The summed E-state index contributed by atoms with van der Waals surface area (Å²) < 4.78 is 30.5. The van der Waals surface area contributed by atoms with Gasteiger partial charge in [0, 0.05) is 41.7 Å². The molecule has 0 N–H and O–H groups in total. The Morgan fingerprint density at radius 1 is 0.571 bits per heavy atom. The molecule has 0 heterocycles. The topological polar surface area (TPSA) is 141 Å². The molecule has 0 aliphatic rings. The number of esters is 5. The van der Waals surface area contributed by atoms with E-state index < -0.39 is 67.5 Å². The summed E-state index contributed by atoms with van der Waals surface area (Å²) in [4.78, 5) is 56.8. The zero-order valence-electron chi connectivity index (χ0n) is 16.7. The molecule has 160 valence electrons. The van der Waals surface area contributed by atoms with Gasteiger partial charge in [0.1, 0.15) is 19.3 Å². The summed E-state index contributed by atoms with van der Waals surface area (Å²) >= 11 is 0. The van der Waals surface area contributed by atoms with Gasteiger partial charge in [0.2, 0.25) is 0 Å². The van der Waals surface area contributed by atoms with Crippen LogP contribution in [-0.2, 0) is 52.4 Å². The van der Waals surface area contributed by atoms with Crippen LogP contribution in [0.15, 0.2) is 0 Å². The molecule has 0 fully saturated rings. The summed E-state index contributed by atoms with van der Waals surface area (Å²) in [5, 5.41) is 0. The average Bonchev–Trinajstić information content (AvgIpc) is 2.54. The van der Waals surface area contributed by atoms with Gasteiger partial charge in [-0.1, -0.05) is 0 Å². The largest absolute Gasteiger partial charge is 0.462 e. The molecule has 0 saturated carbocycles. The minimum Gasteiger partial charge on any atom is -0.462 e. The van der Waals surface area contributed by atoms with Gasteiger partial charge in [-0.2, -0.15) is 0 Å². The van der Waals surface area contributed by atoms with Crippen LogP contribution < -0.4 is 0 Å². The van der Waals surface area contributed by atoms with Crippen LogP contribution in [0.25, 0.3) is 0 Å². The van der Waals surface area contributed by atoms with Crippen LogP contribution >= 0.6 is 0 Å². The highest BCUT2D eigenvalue weighted by Gasteiger charge is 2.42. The quantitative estimate of drug-likeness (QED) is 0.336. The molecule has 28 heavy (non-hydrogen) atoms. The molecule has 0 aromatic carbocycles. The summed E-state index contributed by atoms with van der Waals surface area (Å²) in [5.74, 6) is -3.53. The maximum atomic E-state index is 11.6. The Balaban J connectivity index is 5.86. The van der Waals surface area contributed by atoms with Crippen molar-refractivity contribution in [3.05, 3.63) is 0 Å². The minimum absolute atomic E-state index is 0.411. The molecule has 0 saturated heterocycles. The number of hydrogen-bond acceptors (Lipinski definition) is 11. The van der Waals surface area contributed by atoms with Crippen LogP contribution in [0.1, 0.15) is 34.6 Å². The fourth-order valence-corrected chi connectivity index (χ4v) is 2.26. The van der Waals surface area contributed by atoms with Gasteiger partial charge in [-0.25, -0.2) is 0 Å². The van der Waals surface area contributed by atoms with E-state index in [-0.39, 0.29) is 0 Å². The molecule has 0 aromatic rings. The number of hydrogen-bond donors (Lipinski definition) is 0. The first-order valence-electron chi connectivity index (χ1n) is 8.29. The summed E-state index contributed by atoms with van der Waals surface area (Å²) in [6, 6.07) is 0. The van der Waals surface area contributed by atoms with Crippen molar-refractivity contribution >= 4 is 29.8 Å². The van der Waals surface area contributed by atoms with Crippen molar-refractivity contribution in [2.24, 2.45) is 0 Å². The second-order valence-electron chi connectivity index (χ2n) is 5.68. The van der Waals surface area contributed by atoms with Crippen molar-refractivity contribution in [2.45, 2.75) is 59.0 Å². The van der Waals surface area contributed by atoms with E-state index in [4.69, 9.17) is 28.4 Å². The molecular weight excluding hydrogens is 380 g/mol. The smallest absolute Gasteiger partial charge is 0.303 e. The molecule has 0 unspecified atom stereocenters. The predicted molar refractivity (Wildman–Crippen MR) is 90.7 cm³/mol. The predicted octanol–water partition coefficient (Wildman–Crippen LogP) is -0.0773. The van der Waals surface area contributed by atoms with Crippen molar-refractivity contribution < 1.29 is 52.4 Å². The van der Waals surface area contributed by atoms with Gasteiger partial charge in [0.25, 0.3) is 0 Å². The summed E-state index contributed by atoms with van der Waals surface area (Å²) in [6.45, 7) is 4.76. The number of ether oxygens (including phenoxy) is 6. The third kappa shape index (κ3) is 10.5. The molecule has 0 radical (unpaired) electrons. The molecule has 0 bridgehead atoms. The summed E-state index contributed by atoms with van der Waals surface area (Å²) in [6.07, 6.45) is -5.03. The molecular formula is C17H26O11. The highest BCUT2D eigenvalue weighted by Crippen LogP contribution is 2.19. The van der Waals surface area contributed by atoms with E-state index in [9.17, 15) is 24.0 Å². The molecule has 11 nitrogen and oxygen atoms in total. The zero-order chi connectivity index (χ0) is 21.9. The van der Waals surface area contributed by atoms with Crippen molar-refractivity contribution in [3.8, 4) is 0 Å². The van der Waals surface area contributed by atoms with Crippen LogP contribution in [0, 0.1) is 0 Å². The number of carbonyl (C=O) groups excluding carboxylic acids is 5. The maximum absolute atomic E-state index is 11.6. The van der Waals surface area contributed by atoms with Gasteiger partial charge in [0.05, 0.1) is 0 Å². The number of methoxy groups -OCH3 is 1. The fraction of sp³-hybridized carbons (Fsp3) is 0.706. The average molecular weight is 406 g/mol. The van der Waals surface area contributed by atoms with E-state index in [1.54, 1.807) is 0 Å². The Kier molecular flexibility index (Phi) is 11.4. The van der Waals surface area contributed by atoms with E-state index in [1.165, 1.54) is 7.11 Å². The maximum Gasteiger partial charge on any atom is 0.303 e. The zero-order valence-corrected chi connectivity index (χ0v) is 16.7. The summed E-state index contributed by atoms with van der Waals surface area (Å²) in [7, 11) is 1.22. The highest BCUT2D eigenvalue weighted by molar-refractivity contribution is 5.68. The normalized spacial score (nSPS) is 14.6. The van der Waals surface area contributed by atoms with Crippen molar-refractivity contribution in [3.63, 3.8) is 0 Å². The lowest BCUT2D eigenvalue weighted by atomic mass is 10.0. The third-order valence-electron chi connectivity index (χ3n) is 3.17. The first-order valence-corrected chi connectivity index (χ1v) is 8.29. The SMILES string of the molecule is CO[C@@H]([C@H](OC(C)=O)[C@@H](COC(C)=O)OC(C)=O)[C@@H](COC(C)=O)OC(C)=O. The lowest BCUT2D eigenvalue weighted by molar-refractivity contribution is -0.201. The molecule has 0 aromatic heterocycles. The van der Waals surface area contributed by atoms with E-state index in [0.717, 1.165) is 34.6 Å². The minimum atomic E-state index is -1.34. The molecule has 0 rings (SSSR count). The Labute approximate surface area is 162 Å². The molecule has 0 spiro atoms. The summed E-state index contributed by atoms with van der Waals surface area (Å²) in [5.41, 5.74) is 0. The van der Waals surface area contributed by atoms with Crippen LogP contribution in [0.3, 0.4) is 0 Å². The molecule has 4 atom stereocenters. The van der Waals surface area contributed by atoms with Gasteiger partial charge in [-0.15, -0.1) is 0 Å². The molecule has 0 aliphatic carbocycles. The molecule has 11 heteroatoms. The molecule has 0 amide bonds. The standard InChI is InChI=1S/C17H26O11/c1-9(18)24-7-14(26-11(3)20)16(23-6)17(28-13(5)22)15(27-12(4)21)8-25-10(2)19/h14-17H,7-8H2,1-6H3/t14-,15-,16-,17-/m1/s1. The first kappa shape index (κ1) is 25.3. The Morgan fingerprint density at radius 3 is 1.21 bits per heavy atom. The monoisotopic (exact) mass is 406 g/mol. The Bertz CT molecular complexity index is 571. The van der Waals surface area contributed by atoms with Gasteiger partial charge >= 0.3 is 29.8 Å². The second-order valence-corrected chi connectivity index (χ2v) is 5.68. The van der Waals surface area contributed by atoms with Crippen LogP contribution in [0.5, 0.6) is 0 Å². The number of rotatable bonds is 11. The Morgan fingerprint density at radius 2 is 0.929 bits per heavy atom. The van der Waals surface area contributed by atoms with Gasteiger partial charge in [-0.3, -0.25) is 24.0 Å². The third-order valence-corrected chi connectivity index (χ3v) is 3.17. The fourth-order valence-electron chi connectivity index (χ4n) is 2.26. The van der Waals surface area contributed by atoms with Crippen molar-refractivity contribution in [1.82, 2.24) is 0 Å². The number of carbonyl (C=O) groups is 5. The lowest BCUT2D eigenvalue weighted by Crippen LogP contribution is -2.53. The van der Waals surface area contributed by atoms with E-state index in [0.29, 0.717) is 0 Å². The van der Waals surface area contributed by atoms with E-state index in [2.05, 4.69) is 0 Å². The van der Waals surface area contributed by atoms with E-state index in [1.807, 2.05) is 0 Å². The van der Waals surface area contributed by atoms with E-state index >= 15 is 0 Å². The van der Waals surface area contributed by atoms with Gasteiger partial charge in [-0.05, 0) is 0 Å². The van der Waals surface area contributed by atoms with Gasteiger partial charge < -0.3 is 28.4 Å². The van der Waals surface area contributed by atoms with Crippen molar-refractivity contribution in [1.29, 1.82) is 0 Å². The van der Waals surface area contributed by atoms with Gasteiger partial charge in [0.15, 0.2) is 18.3 Å². The highest BCUT2D eigenvalue weighted by atomic mass is 16.6. The second kappa shape index (κ2) is 12.7. The van der Waals surface area contributed by atoms with Crippen LogP contribution in [-0.4, -0.2) is 74.6 Å². The Hall–Kier alpha value is -2.69. The molecule has 0 aliphatic heterocycles. The lowest BCUT2D eigenvalue weighted by Gasteiger charge is -2.34. The van der Waals surface area contributed by atoms with Crippen LogP contribution in [0.4, 0.5) is 0 Å². The van der Waals surface area contributed by atoms with Crippen LogP contribution in [0.2, 0.25) is 0 Å². The van der Waals surface area contributed by atoms with Crippen molar-refractivity contribution in [2.75, 3.05) is 20.3 Å². The first-order chi connectivity index (χ1) is 13.0.